The Kier molecular flexibility index (Phi) is 4.40. The van der Waals surface area contributed by atoms with Crippen LogP contribution in [0.4, 0.5) is 13.2 Å². The summed E-state index contributed by atoms with van der Waals surface area (Å²) in [5, 5.41) is 11.8. The average Bonchev–Trinajstić information content (AvgIpc) is 2.23. The van der Waals surface area contributed by atoms with Crippen LogP contribution in [0.5, 0.6) is 0 Å². The molecule has 0 amide bonds. The Bertz CT molecular complexity index is 397. The highest BCUT2D eigenvalue weighted by Crippen LogP contribution is 2.24. The van der Waals surface area contributed by atoms with Crippen molar-refractivity contribution in [3.8, 4) is 0 Å². The van der Waals surface area contributed by atoms with Gasteiger partial charge in [-0.15, -0.1) is 0 Å². The van der Waals surface area contributed by atoms with Crippen LogP contribution in [-0.2, 0) is 5.54 Å². The predicted molar refractivity (Wildman–Crippen MR) is 64.4 cm³/mol. The van der Waals surface area contributed by atoms with Gasteiger partial charge in [0.25, 0.3) is 0 Å². The van der Waals surface area contributed by atoms with Crippen molar-refractivity contribution in [3.05, 3.63) is 34.9 Å². The van der Waals surface area contributed by atoms with Gasteiger partial charge in [0, 0.05) is 0 Å². The maximum atomic E-state index is 12.3. The molecular formula is C13H18F3NO. The molecular weight excluding hydrogens is 243 g/mol. The van der Waals surface area contributed by atoms with E-state index in [1.807, 2.05) is 19.9 Å². The van der Waals surface area contributed by atoms with Crippen molar-refractivity contribution in [1.29, 1.82) is 0 Å². The van der Waals surface area contributed by atoms with Crippen molar-refractivity contribution < 1.29 is 18.3 Å². The minimum absolute atomic E-state index is 0.397. The van der Waals surface area contributed by atoms with Crippen LogP contribution >= 0.6 is 0 Å². The molecule has 0 heterocycles. The maximum absolute atomic E-state index is 12.3. The summed E-state index contributed by atoms with van der Waals surface area (Å²) >= 11 is 0. The minimum atomic E-state index is -4.30. The van der Waals surface area contributed by atoms with Crippen LogP contribution < -0.4 is 5.32 Å². The van der Waals surface area contributed by atoms with Crippen LogP contribution in [0.25, 0.3) is 0 Å². The van der Waals surface area contributed by atoms with E-state index in [0.717, 1.165) is 11.1 Å². The summed E-state index contributed by atoms with van der Waals surface area (Å²) in [5.74, 6) is 0. The first kappa shape index (κ1) is 15.0. The van der Waals surface area contributed by atoms with E-state index in [1.54, 1.807) is 19.1 Å². The fourth-order valence-electron chi connectivity index (χ4n) is 1.84. The van der Waals surface area contributed by atoms with Crippen molar-refractivity contribution in [2.24, 2.45) is 0 Å². The van der Waals surface area contributed by atoms with E-state index < -0.39 is 24.9 Å². The summed E-state index contributed by atoms with van der Waals surface area (Å²) in [7, 11) is 0. The number of aliphatic hydroxyl groups excluding tert-OH is 1. The molecule has 18 heavy (non-hydrogen) atoms. The molecule has 1 aromatic rings. The molecule has 0 saturated heterocycles. The van der Waals surface area contributed by atoms with E-state index in [9.17, 15) is 18.3 Å². The van der Waals surface area contributed by atoms with Crippen LogP contribution in [0.3, 0.4) is 0 Å². The third-order valence-electron chi connectivity index (χ3n) is 2.85. The Morgan fingerprint density at radius 1 is 1.11 bits per heavy atom. The molecule has 0 aliphatic heterocycles. The maximum Gasteiger partial charge on any atom is 0.401 e. The van der Waals surface area contributed by atoms with E-state index in [0.29, 0.717) is 5.56 Å². The monoisotopic (exact) mass is 261 g/mol. The lowest BCUT2D eigenvalue weighted by Crippen LogP contribution is -2.47. The van der Waals surface area contributed by atoms with E-state index in [2.05, 4.69) is 5.32 Å². The number of aliphatic hydroxyl groups is 1. The van der Waals surface area contributed by atoms with Crippen molar-refractivity contribution in [2.75, 3.05) is 13.2 Å². The number of hydrogen-bond donors (Lipinski definition) is 2. The molecule has 1 rings (SSSR count). The van der Waals surface area contributed by atoms with Gasteiger partial charge in [-0.05, 0) is 26.3 Å². The second-order valence-electron chi connectivity index (χ2n) is 4.84. The summed E-state index contributed by atoms with van der Waals surface area (Å²) in [6.45, 7) is 3.78. The van der Waals surface area contributed by atoms with Crippen LogP contribution in [-0.4, -0.2) is 24.4 Å². The third kappa shape index (κ3) is 3.99. The molecule has 102 valence electrons. The van der Waals surface area contributed by atoms with Crippen molar-refractivity contribution in [2.45, 2.75) is 32.5 Å². The lowest BCUT2D eigenvalue weighted by molar-refractivity contribution is -0.129. The Hall–Kier alpha value is -1.07. The number of halogens is 3. The largest absolute Gasteiger partial charge is 0.401 e. The third-order valence-corrected chi connectivity index (χ3v) is 2.85. The van der Waals surface area contributed by atoms with Gasteiger partial charge in [-0.3, -0.25) is 5.32 Å². The molecule has 0 aliphatic rings. The highest BCUT2D eigenvalue weighted by molar-refractivity contribution is 5.33. The fourth-order valence-corrected chi connectivity index (χ4v) is 1.84. The van der Waals surface area contributed by atoms with Gasteiger partial charge >= 0.3 is 6.18 Å². The summed E-state index contributed by atoms with van der Waals surface area (Å²) in [4.78, 5) is 0. The zero-order chi connectivity index (χ0) is 14.0. The molecule has 2 nitrogen and oxygen atoms in total. The normalized spacial score (nSPS) is 15.5. The number of benzene rings is 1. The van der Waals surface area contributed by atoms with E-state index >= 15 is 0 Å². The highest BCUT2D eigenvalue weighted by Gasteiger charge is 2.33. The lowest BCUT2D eigenvalue weighted by atomic mass is 9.90. The van der Waals surface area contributed by atoms with E-state index in [-0.39, 0.29) is 0 Å². The summed E-state index contributed by atoms with van der Waals surface area (Å²) in [5.41, 5.74) is 1.48. The van der Waals surface area contributed by atoms with Gasteiger partial charge in [0.1, 0.15) is 0 Å². The molecule has 0 fully saturated rings. The first-order valence-corrected chi connectivity index (χ1v) is 5.68. The average molecular weight is 261 g/mol. The molecule has 0 aliphatic carbocycles. The Balaban J connectivity index is 2.99. The second-order valence-corrected chi connectivity index (χ2v) is 4.84. The molecule has 1 aromatic carbocycles. The topological polar surface area (TPSA) is 32.3 Å². The Labute approximate surface area is 105 Å². The van der Waals surface area contributed by atoms with Crippen LogP contribution in [0.2, 0.25) is 0 Å². The van der Waals surface area contributed by atoms with E-state index in [4.69, 9.17) is 0 Å². The molecule has 5 heteroatoms. The standard InChI is InChI=1S/C13H18F3NO/c1-9-4-10(2)6-11(5-9)12(3,8-18)17-7-13(14,15)16/h4-6,17-18H,7-8H2,1-3H3. The molecule has 1 unspecified atom stereocenters. The van der Waals surface area contributed by atoms with Gasteiger partial charge in [0.05, 0.1) is 18.7 Å². The van der Waals surface area contributed by atoms with Crippen LogP contribution in [0.15, 0.2) is 18.2 Å². The molecule has 0 radical (unpaired) electrons. The van der Waals surface area contributed by atoms with Crippen LogP contribution in [0, 0.1) is 13.8 Å². The highest BCUT2D eigenvalue weighted by atomic mass is 19.4. The second kappa shape index (κ2) is 5.28. The zero-order valence-corrected chi connectivity index (χ0v) is 10.7. The smallest absolute Gasteiger partial charge is 0.394 e. The quantitative estimate of drug-likeness (QED) is 0.873. The van der Waals surface area contributed by atoms with Crippen molar-refractivity contribution in [3.63, 3.8) is 0 Å². The number of alkyl halides is 3. The van der Waals surface area contributed by atoms with Gasteiger partial charge in [-0.2, -0.15) is 13.2 Å². The fraction of sp³-hybridized carbons (Fsp3) is 0.538. The summed E-state index contributed by atoms with van der Waals surface area (Å²) in [6, 6.07) is 5.50. The van der Waals surface area contributed by atoms with Gasteiger partial charge in [-0.1, -0.05) is 29.3 Å². The van der Waals surface area contributed by atoms with Crippen LogP contribution in [0.1, 0.15) is 23.6 Å². The first-order valence-electron chi connectivity index (χ1n) is 5.68. The minimum Gasteiger partial charge on any atom is -0.394 e. The number of rotatable bonds is 4. The molecule has 0 spiro atoms. The van der Waals surface area contributed by atoms with Gasteiger partial charge in [0.15, 0.2) is 0 Å². The van der Waals surface area contributed by atoms with Crippen molar-refractivity contribution >= 4 is 0 Å². The van der Waals surface area contributed by atoms with Gasteiger partial charge < -0.3 is 5.11 Å². The Morgan fingerprint density at radius 2 is 1.61 bits per heavy atom. The first-order chi connectivity index (χ1) is 8.16. The Morgan fingerprint density at radius 3 is 2.00 bits per heavy atom. The van der Waals surface area contributed by atoms with Crippen molar-refractivity contribution in [1.82, 2.24) is 5.32 Å². The molecule has 0 bridgehead atoms. The molecule has 2 N–H and O–H groups in total. The molecule has 1 atom stereocenters. The SMILES string of the molecule is Cc1cc(C)cc(C(C)(CO)NCC(F)(F)F)c1. The molecule has 0 saturated carbocycles. The van der Waals surface area contributed by atoms with E-state index in [1.165, 1.54) is 0 Å². The number of nitrogens with one attached hydrogen (secondary N) is 1. The molecule has 0 aromatic heterocycles. The summed E-state index contributed by atoms with van der Waals surface area (Å²) in [6.07, 6.45) is -4.30. The summed E-state index contributed by atoms with van der Waals surface area (Å²) < 4.78 is 36.8. The number of hydrogen-bond acceptors (Lipinski definition) is 2. The number of aryl methyl sites for hydroxylation is 2. The van der Waals surface area contributed by atoms with Gasteiger partial charge in [0.2, 0.25) is 0 Å². The van der Waals surface area contributed by atoms with Gasteiger partial charge in [-0.25, -0.2) is 0 Å². The lowest BCUT2D eigenvalue weighted by Gasteiger charge is -2.30. The zero-order valence-electron chi connectivity index (χ0n) is 10.7. The predicted octanol–water partition coefficient (Wildman–Crippen LogP) is 2.66.